The summed E-state index contributed by atoms with van der Waals surface area (Å²) in [5.74, 6) is 0.523. The van der Waals surface area contributed by atoms with Gasteiger partial charge in [-0.15, -0.1) is 11.6 Å². The normalized spacial score (nSPS) is 10.6. The molecule has 0 aliphatic rings. The number of hydrogen-bond donors (Lipinski definition) is 1. The van der Waals surface area contributed by atoms with Gasteiger partial charge >= 0.3 is 0 Å². The molecule has 96 valence electrons. The first-order valence-corrected chi connectivity index (χ1v) is 6.67. The van der Waals surface area contributed by atoms with Crippen molar-refractivity contribution in [1.29, 1.82) is 0 Å². The summed E-state index contributed by atoms with van der Waals surface area (Å²) in [6.07, 6.45) is 0.964. The van der Waals surface area contributed by atoms with Crippen LogP contribution in [-0.2, 0) is 25.9 Å². The van der Waals surface area contributed by atoms with Crippen LogP contribution >= 0.6 is 11.6 Å². The highest BCUT2D eigenvalue weighted by molar-refractivity contribution is 6.17. The molecule has 0 amide bonds. The van der Waals surface area contributed by atoms with Crippen LogP contribution in [0.5, 0.6) is 0 Å². The summed E-state index contributed by atoms with van der Waals surface area (Å²) in [6.45, 7) is 2.87. The molecule has 18 heavy (non-hydrogen) atoms. The zero-order valence-electron chi connectivity index (χ0n) is 10.8. The second kappa shape index (κ2) is 5.91. The van der Waals surface area contributed by atoms with Gasteiger partial charge in [0.15, 0.2) is 0 Å². The summed E-state index contributed by atoms with van der Waals surface area (Å²) in [7, 11) is 1.98. The van der Waals surface area contributed by atoms with Gasteiger partial charge in [0.1, 0.15) is 0 Å². The first-order chi connectivity index (χ1) is 8.74. The van der Waals surface area contributed by atoms with Gasteiger partial charge in [-0.25, -0.2) is 0 Å². The van der Waals surface area contributed by atoms with Crippen LogP contribution in [0.2, 0.25) is 0 Å². The van der Waals surface area contributed by atoms with Crippen LogP contribution in [0.1, 0.15) is 23.9 Å². The lowest BCUT2D eigenvalue weighted by Gasteiger charge is -2.10. The number of anilines is 1. The number of aryl methyl sites for hydroxylation is 2. The molecule has 2 rings (SSSR count). The highest BCUT2D eigenvalue weighted by atomic mass is 35.5. The maximum absolute atomic E-state index is 5.91. The maximum Gasteiger partial charge on any atom is 0.0625 e. The van der Waals surface area contributed by atoms with Crippen LogP contribution in [0.25, 0.3) is 0 Å². The fourth-order valence-corrected chi connectivity index (χ4v) is 2.14. The molecular formula is C14H18ClN3. The lowest BCUT2D eigenvalue weighted by molar-refractivity contribution is 0.707. The summed E-state index contributed by atoms with van der Waals surface area (Å²) >= 11 is 5.91. The van der Waals surface area contributed by atoms with Crippen LogP contribution in [0.15, 0.2) is 30.3 Å². The first-order valence-electron chi connectivity index (χ1n) is 6.14. The van der Waals surface area contributed by atoms with Gasteiger partial charge in [0.2, 0.25) is 0 Å². The SMILES string of the molecule is CCc1cc(CNc2ccccc2CCl)n(C)n1. The zero-order valence-corrected chi connectivity index (χ0v) is 11.5. The molecule has 0 aliphatic carbocycles. The molecule has 0 atom stereocenters. The van der Waals surface area contributed by atoms with Crippen LogP contribution in [0.4, 0.5) is 5.69 Å². The highest BCUT2D eigenvalue weighted by Crippen LogP contribution is 2.18. The van der Waals surface area contributed by atoms with Crippen molar-refractivity contribution < 1.29 is 0 Å². The second-order valence-corrected chi connectivity index (χ2v) is 4.52. The average molecular weight is 264 g/mol. The van der Waals surface area contributed by atoms with Gasteiger partial charge in [-0.1, -0.05) is 25.1 Å². The van der Waals surface area contributed by atoms with Gasteiger partial charge in [0, 0.05) is 18.6 Å². The molecule has 1 aromatic heterocycles. The van der Waals surface area contributed by atoms with Crippen molar-refractivity contribution >= 4 is 17.3 Å². The molecule has 0 fully saturated rings. The van der Waals surface area contributed by atoms with E-state index in [4.69, 9.17) is 11.6 Å². The van der Waals surface area contributed by atoms with Crippen LogP contribution in [0, 0.1) is 0 Å². The molecule has 2 aromatic rings. The number of halogens is 1. The lowest BCUT2D eigenvalue weighted by atomic mass is 10.2. The van der Waals surface area contributed by atoms with Crippen LogP contribution in [-0.4, -0.2) is 9.78 Å². The maximum atomic E-state index is 5.91. The molecule has 0 bridgehead atoms. The Hall–Kier alpha value is -1.48. The standard InChI is InChI=1S/C14H18ClN3/c1-3-12-8-13(18(2)17-12)10-16-14-7-5-4-6-11(14)9-15/h4-8,16H,3,9-10H2,1-2H3. The Morgan fingerprint density at radius 1 is 1.33 bits per heavy atom. The monoisotopic (exact) mass is 263 g/mol. The molecule has 0 saturated carbocycles. The number of aromatic nitrogens is 2. The first kappa shape index (κ1) is 13.0. The van der Waals surface area contributed by atoms with Gasteiger partial charge in [-0.3, -0.25) is 4.68 Å². The summed E-state index contributed by atoms with van der Waals surface area (Å²) in [5, 5.41) is 7.85. The Morgan fingerprint density at radius 3 is 2.78 bits per heavy atom. The Balaban J connectivity index is 2.08. The molecule has 0 unspecified atom stereocenters. The van der Waals surface area contributed by atoms with Gasteiger partial charge < -0.3 is 5.32 Å². The molecule has 1 heterocycles. The third kappa shape index (κ3) is 2.85. The predicted octanol–water partition coefficient (Wildman–Crippen LogP) is 3.33. The Bertz CT molecular complexity index is 520. The van der Waals surface area contributed by atoms with E-state index in [0.29, 0.717) is 5.88 Å². The largest absolute Gasteiger partial charge is 0.379 e. The average Bonchev–Trinajstić information content (AvgIpc) is 2.77. The number of benzene rings is 1. The fraction of sp³-hybridized carbons (Fsp3) is 0.357. The highest BCUT2D eigenvalue weighted by Gasteiger charge is 2.05. The Morgan fingerprint density at radius 2 is 2.11 bits per heavy atom. The van der Waals surface area contributed by atoms with E-state index in [1.807, 2.05) is 29.9 Å². The molecule has 1 aromatic carbocycles. The lowest BCUT2D eigenvalue weighted by Crippen LogP contribution is -2.06. The van der Waals surface area contributed by atoms with Gasteiger partial charge in [0.25, 0.3) is 0 Å². The van der Waals surface area contributed by atoms with Crippen molar-refractivity contribution in [3.05, 3.63) is 47.3 Å². The topological polar surface area (TPSA) is 29.9 Å². The third-order valence-corrected chi connectivity index (χ3v) is 3.30. The molecule has 3 nitrogen and oxygen atoms in total. The number of alkyl halides is 1. The van der Waals surface area contributed by atoms with Crippen molar-refractivity contribution in [2.45, 2.75) is 25.8 Å². The van der Waals surface area contributed by atoms with E-state index in [0.717, 1.165) is 29.9 Å². The van der Waals surface area contributed by atoms with E-state index in [2.05, 4.69) is 29.5 Å². The Labute approximate surface area is 113 Å². The zero-order chi connectivity index (χ0) is 13.0. The minimum absolute atomic E-state index is 0.523. The molecule has 0 spiro atoms. The van der Waals surface area contributed by atoms with Crippen molar-refractivity contribution in [2.75, 3.05) is 5.32 Å². The fourth-order valence-electron chi connectivity index (χ4n) is 1.90. The van der Waals surface area contributed by atoms with Crippen LogP contribution in [0.3, 0.4) is 0 Å². The number of nitrogens with zero attached hydrogens (tertiary/aromatic N) is 2. The summed E-state index contributed by atoms with van der Waals surface area (Å²) in [4.78, 5) is 0. The van der Waals surface area contributed by atoms with E-state index in [1.165, 1.54) is 5.69 Å². The minimum Gasteiger partial charge on any atom is -0.379 e. The predicted molar refractivity (Wildman–Crippen MR) is 75.9 cm³/mol. The smallest absolute Gasteiger partial charge is 0.0625 e. The van der Waals surface area contributed by atoms with E-state index in [9.17, 15) is 0 Å². The Kier molecular flexibility index (Phi) is 4.26. The third-order valence-electron chi connectivity index (χ3n) is 3.01. The molecule has 1 N–H and O–H groups in total. The van der Waals surface area contributed by atoms with Crippen LogP contribution < -0.4 is 5.32 Å². The van der Waals surface area contributed by atoms with E-state index in [1.54, 1.807) is 0 Å². The number of hydrogen-bond acceptors (Lipinski definition) is 2. The summed E-state index contributed by atoms with van der Waals surface area (Å²) < 4.78 is 1.93. The summed E-state index contributed by atoms with van der Waals surface area (Å²) in [6, 6.07) is 10.2. The molecule has 0 aliphatic heterocycles. The molecule has 0 radical (unpaired) electrons. The molecular weight excluding hydrogens is 246 g/mol. The summed E-state index contributed by atoms with van der Waals surface area (Å²) in [5.41, 5.74) is 4.51. The van der Waals surface area contributed by atoms with Crippen molar-refractivity contribution in [3.63, 3.8) is 0 Å². The second-order valence-electron chi connectivity index (χ2n) is 4.25. The number of nitrogens with one attached hydrogen (secondary N) is 1. The van der Waals surface area contributed by atoms with E-state index >= 15 is 0 Å². The van der Waals surface area contributed by atoms with Gasteiger partial charge in [-0.2, -0.15) is 5.10 Å². The number of rotatable bonds is 5. The number of para-hydroxylation sites is 1. The van der Waals surface area contributed by atoms with Crippen molar-refractivity contribution in [1.82, 2.24) is 9.78 Å². The molecule has 4 heteroatoms. The van der Waals surface area contributed by atoms with E-state index in [-0.39, 0.29) is 0 Å². The quantitative estimate of drug-likeness (QED) is 0.839. The van der Waals surface area contributed by atoms with E-state index < -0.39 is 0 Å². The minimum atomic E-state index is 0.523. The van der Waals surface area contributed by atoms with Crippen molar-refractivity contribution in [3.8, 4) is 0 Å². The molecule has 0 saturated heterocycles. The van der Waals surface area contributed by atoms with Gasteiger partial charge in [-0.05, 0) is 24.1 Å². The van der Waals surface area contributed by atoms with Gasteiger partial charge in [0.05, 0.1) is 17.9 Å². The van der Waals surface area contributed by atoms with Crippen molar-refractivity contribution in [2.24, 2.45) is 7.05 Å².